The second-order valence-corrected chi connectivity index (χ2v) is 6.88. The van der Waals surface area contributed by atoms with Crippen molar-refractivity contribution < 1.29 is 23.0 Å². The van der Waals surface area contributed by atoms with Crippen LogP contribution in [-0.2, 0) is 6.18 Å². The van der Waals surface area contributed by atoms with E-state index < -0.39 is 11.7 Å². The molecule has 0 fully saturated rings. The Balaban J connectivity index is 1.89. The Hall–Kier alpha value is -3.07. The molecular formula is C21H23F3N4O2. The van der Waals surface area contributed by atoms with E-state index in [-0.39, 0.29) is 24.3 Å². The van der Waals surface area contributed by atoms with Crippen LogP contribution in [0.3, 0.4) is 0 Å². The van der Waals surface area contributed by atoms with Crippen molar-refractivity contribution in [2.24, 2.45) is 0 Å². The number of rotatable bonds is 8. The van der Waals surface area contributed by atoms with E-state index in [0.29, 0.717) is 28.9 Å². The van der Waals surface area contributed by atoms with Gasteiger partial charge in [0.15, 0.2) is 0 Å². The number of alkyl halides is 3. The van der Waals surface area contributed by atoms with Crippen LogP contribution in [0.1, 0.15) is 31.7 Å². The summed E-state index contributed by atoms with van der Waals surface area (Å²) in [5.41, 5.74) is 5.68. The van der Waals surface area contributed by atoms with Gasteiger partial charge in [-0.3, -0.25) is 0 Å². The molecule has 9 heteroatoms. The number of nitrogen functional groups attached to an aromatic ring is 1. The minimum absolute atomic E-state index is 0.0111. The summed E-state index contributed by atoms with van der Waals surface area (Å²) in [4.78, 5) is 8.50. The molecule has 1 atom stereocenters. The van der Waals surface area contributed by atoms with E-state index >= 15 is 0 Å². The highest BCUT2D eigenvalue weighted by Gasteiger charge is 2.30. The molecule has 4 N–H and O–H groups in total. The third-order valence-electron chi connectivity index (χ3n) is 4.56. The summed E-state index contributed by atoms with van der Waals surface area (Å²) >= 11 is 0. The van der Waals surface area contributed by atoms with Crippen LogP contribution in [0.15, 0.2) is 42.5 Å². The van der Waals surface area contributed by atoms with E-state index in [1.165, 1.54) is 12.1 Å². The van der Waals surface area contributed by atoms with Gasteiger partial charge in [-0.05, 0) is 55.3 Å². The monoisotopic (exact) mass is 420 g/mol. The molecule has 0 bridgehead atoms. The average molecular weight is 420 g/mol. The van der Waals surface area contributed by atoms with Crippen LogP contribution >= 0.6 is 0 Å². The molecule has 3 rings (SSSR count). The van der Waals surface area contributed by atoms with E-state index in [4.69, 9.17) is 10.5 Å². The number of fused-ring (bicyclic) bond motifs is 1. The van der Waals surface area contributed by atoms with Crippen molar-refractivity contribution in [1.82, 2.24) is 9.97 Å². The molecule has 0 aliphatic heterocycles. The first-order valence-electron chi connectivity index (χ1n) is 9.60. The summed E-state index contributed by atoms with van der Waals surface area (Å²) in [5.74, 6) is 1.33. The second kappa shape index (κ2) is 9.17. The van der Waals surface area contributed by atoms with E-state index in [2.05, 4.69) is 22.2 Å². The number of halogens is 3. The zero-order valence-electron chi connectivity index (χ0n) is 16.4. The highest BCUT2D eigenvalue weighted by atomic mass is 19.4. The van der Waals surface area contributed by atoms with Crippen molar-refractivity contribution in [3.05, 3.63) is 48.0 Å². The van der Waals surface area contributed by atoms with Crippen molar-refractivity contribution in [2.75, 3.05) is 17.7 Å². The Bertz CT molecular complexity index is 988. The minimum Gasteiger partial charge on any atom is -0.457 e. The smallest absolute Gasteiger partial charge is 0.416 e. The number of benzene rings is 2. The number of ether oxygens (including phenoxy) is 1. The lowest BCUT2D eigenvalue weighted by Gasteiger charge is -2.19. The number of nitrogens with zero attached hydrogens (tertiary/aromatic N) is 2. The van der Waals surface area contributed by atoms with Gasteiger partial charge in [0.2, 0.25) is 5.95 Å². The molecule has 160 valence electrons. The molecule has 0 radical (unpaired) electrons. The highest BCUT2D eigenvalue weighted by molar-refractivity contribution is 5.91. The van der Waals surface area contributed by atoms with Crippen LogP contribution in [0.4, 0.5) is 24.9 Å². The van der Waals surface area contributed by atoms with Gasteiger partial charge in [-0.25, -0.2) is 4.98 Å². The van der Waals surface area contributed by atoms with Crippen LogP contribution in [0.2, 0.25) is 0 Å². The van der Waals surface area contributed by atoms with Crippen molar-refractivity contribution in [3.63, 3.8) is 0 Å². The van der Waals surface area contributed by atoms with Gasteiger partial charge in [0.25, 0.3) is 0 Å². The van der Waals surface area contributed by atoms with Crippen LogP contribution in [-0.4, -0.2) is 27.7 Å². The van der Waals surface area contributed by atoms with Crippen molar-refractivity contribution in [3.8, 4) is 11.5 Å². The van der Waals surface area contributed by atoms with Gasteiger partial charge in [0.1, 0.15) is 17.3 Å². The standard InChI is InChI=1S/C21H23F3N4O2/c1-2-3-14(10-11-29)26-19-17-12-16(8-9-18(17)27-20(25)28-19)30-15-6-4-13(5-7-15)21(22,23)24/h4-9,12,14,29H,2-3,10-11H2,1H3,(H3,25,26,27,28)/t14-/m0/s1. The van der Waals surface area contributed by atoms with Crippen molar-refractivity contribution in [2.45, 2.75) is 38.4 Å². The van der Waals surface area contributed by atoms with Crippen molar-refractivity contribution in [1.29, 1.82) is 0 Å². The fraction of sp³-hybridized carbons (Fsp3) is 0.333. The van der Waals surface area contributed by atoms with E-state index in [1.807, 2.05) is 0 Å². The van der Waals surface area contributed by atoms with Gasteiger partial charge in [0.05, 0.1) is 11.1 Å². The topological polar surface area (TPSA) is 93.3 Å². The number of hydrogen-bond acceptors (Lipinski definition) is 6. The SMILES string of the molecule is CCC[C@@H](CCO)Nc1nc(N)nc2ccc(Oc3ccc(C(F)(F)F)cc3)cc12. The Labute approximate surface area is 171 Å². The maximum Gasteiger partial charge on any atom is 0.416 e. The predicted molar refractivity (Wildman–Crippen MR) is 109 cm³/mol. The maximum atomic E-state index is 12.7. The third-order valence-corrected chi connectivity index (χ3v) is 4.56. The van der Waals surface area contributed by atoms with Gasteiger partial charge in [-0.2, -0.15) is 18.2 Å². The molecule has 0 aliphatic rings. The maximum absolute atomic E-state index is 12.7. The lowest BCUT2D eigenvalue weighted by atomic mass is 10.1. The Kier molecular flexibility index (Phi) is 6.61. The molecule has 0 amide bonds. The van der Waals surface area contributed by atoms with Crippen LogP contribution in [0, 0.1) is 0 Å². The second-order valence-electron chi connectivity index (χ2n) is 6.88. The number of nitrogens with two attached hydrogens (primary N) is 1. The van der Waals surface area contributed by atoms with Crippen LogP contribution < -0.4 is 15.8 Å². The third kappa shape index (κ3) is 5.29. The summed E-state index contributed by atoms with van der Waals surface area (Å²) in [5, 5.41) is 13.3. The Morgan fingerprint density at radius 3 is 2.40 bits per heavy atom. The highest BCUT2D eigenvalue weighted by Crippen LogP contribution is 2.33. The zero-order valence-corrected chi connectivity index (χ0v) is 16.4. The van der Waals surface area contributed by atoms with Crippen LogP contribution in [0.25, 0.3) is 10.9 Å². The molecule has 6 nitrogen and oxygen atoms in total. The molecule has 0 saturated heterocycles. The summed E-state index contributed by atoms with van der Waals surface area (Å²) in [7, 11) is 0. The molecule has 0 spiro atoms. The number of anilines is 2. The number of aliphatic hydroxyl groups is 1. The van der Waals surface area contributed by atoms with E-state index in [1.54, 1.807) is 18.2 Å². The summed E-state index contributed by atoms with van der Waals surface area (Å²) in [6.45, 7) is 2.09. The molecular weight excluding hydrogens is 397 g/mol. The average Bonchev–Trinajstić information content (AvgIpc) is 2.68. The molecule has 1 aromatic heterocycles. The molecule has 1 heterocycles. The number of aromatic nitrogens is 2. The molecule has 2 aromatic carbocycles. The number of hydrogen-bond donors (Lipinski definition) is 3. The first kappa shape index (κ1) is 21.6. The van der Waals surface area contributed by atoms with E-state index in [9.17, 15) is 18.3 Å². The number of nitrogens with one attached hydrogen (secondary N) is 1. The lowest BCUT2D eigenvalue weighted by molar-refractivity contribution is -0.137. The fourth-order valence-electron chi connectivity index (χ4n) is 3.13. The van der Waals surface area contributed by atoms with E-state index in [0.717, 1.165) is 25.0 Å². The van der Waals surface area contributed by atoms with Crippen molar-refractivity contribution >= 4 is 22.7 Å². The lowest BCUT2D eigenvalue weighted by Crippen LogP contribution is -2.22. The molecule has 0 aliphatic carbocycles. The predicted octanol–water partition coefficient (Wildman–Crippen LogP) is 4.99. The fourth-order valence-corrected chi connectivity index (χ4v) is 3.13. The Morgan fingerprint density at radius 1 is 1.07 bits per heavy atom. The largest absolute Gasteiger partial charge is 0.457 e. The minimum atomic E-state index is -4.40. The van der Waals surface area contributed by atoms with Gasteiger partial charge in [0, 0.05) is 18.0 Å². The van der Waals surface area contributed by atoms with Gasteiger partial charge >= 0.3 is 6.18 Å². The van der Waals surface area contributed by atoms with Gasteiger partial charge in [-0.15, -0.1) is 0 Å². The summed E-state index contributed by atoms with van der Waals surface area (Å²) in [6.07, 6.45) is -2.07. The number of aliphatic hydroxyl groups excluding tert-OH is 1. The first-order valence-corrected chi connectivity index (χ1v) is 9.60. The molecule has 0 unspecified atom stereocenters. The zero-order chi connectivity index (χ0) is 21.7. The molecule has 0 saturated carbocycles. The molecule has 30 heavy (non-hydrogen) atoms. The molecule has 3 aromatic rings. The van der Waals surface area contributed by atoms with Gasteiger partial charge < -0.3 is 20.9 Å². The summed E-state index contributed by atoms with van der Waals surface area (Å²) < 4.78 is 43.9. The van der Waals surface area contributed by atoms with Crippen LogP contribution in [0.5, 0.6) is 11.5 Å². The quantitative estimate of drug-likeness (QED) is 0.476. The summed E-state index contributed by atoms with van der Waals surface area (Å²) in [6, 6.07) is 9.56. The van der Waals surface area contributed by atoms with Gasteiger partial charge in [-0.1, -0.05) is 13.3 Å². The first-order chi connectivity index (χ1) is 14.3. The normalized spacial score (nSPS) is 12.7. The Morgan fingerprint density at radius 2 is 1.77 bits per heavy atom.